The first-order valence-electron chi connectivity index (χ1n) is 5.88. The highest BCUT2D eigenvalue weighted by Gasteiger charge is 2.22. The first-order valence-corrected chi connectivity index (χ1v) is 5.88. The van der Waals surface area contributed by atoms with E-state index >= 15 is 0 Å². The fourth-order valence-corrected chi connectivity index (χ4v) is 2.79. The second kappa shape index (κ2) is 3.48. The molecular formula is C14H15NO. The number of benzene rings is 1. The van der Waals surface area contributed by atoms with Crippen LogP contribution in [0.1, 0.15) is 35.3 Å². The molecule has 0 saturated heterocycles. The first kappa shape index (κ1) is 9.64. The quantitative estimate of drug-likeness (QED) is 0.616. The number of hydrogen-bond acceptors (Lipinski definition) is 1. The zero-order valence-electron chi connectivity index (χ0n) is 9.49. The van der Waals surface area contributed by atoms with Crippen molar-refractivity contribution in [3.63, 3.8) is 0 Å². The van der Waals surface area contributed by atoms with Crippen LogP contribution in [0.5, 0.6) is 0 Å². The summed E-state index contributed by atoms with van der Waals surface area (Å²) in [6.07, 6.45) is 3.91. The molecular weight excluding hydrogens is 198 g/mol. The fourth-order valence-electron chi connectivity index (χ4n) is 2.79. The van der Waals surface area contributed by atoms with E-state index in [0.717, 1.165) is 25.0 Å². The Hall–Kier alpha value is -1.57. The first-order chi connectivity index (χ1) is 7.79. The van der Waals surface area contributed by atoms with Crippen molar-refractivity contribution < 1.29 is 4.79 Å². The molecule has 1 aliphatic rings. The van der Waals surface area contributed by atoms with Gasteiger partial charge in [0.25, 0.3) is 0 Å². The van der Waals surface area contributed by atoms with Crippen molar-refractivity contribution in [2.24, 2.45) is 7.05 Å². The van der Waals surface area contributed by atoms with Crippen molar-refractivity contribution >= 4 is 16.7 Å². The number of carbonyl (C=O) groups excluding carboxylic acids is 1. The Morgan fingerprint density at radius 2 is 1.88 bits per heavy atom. The van der Waals surface area contributed by atoms with Crippen LogP contribution in [0.2, 0.25) is 0 Å². The standard InChI is InChI=1S/C14H15NO/c1-15-12-8-4-2-6-10(12)11-7-3-5-9-13(16)14(11)15/h2,4,6,8H,3,5,7,9H2,1H3. The maximum absolute atomic E-state index is 12.1. The van der Waals surface area contributed by atoms with E-state index in [1.807, 2.05) is 13.1 Å². The number of fused-ring (bicyclic) bond motifs is 3. The number of para-hydroxylation sites is 1. The lowest BCUT2D eigenvalue weighted by molar-refractivity contribution is 0.0974. The molecule has 1 heterocycles. The van der Waals surface area contributed by atoms with Crippen molar-refractivity contribution in [1.29, 1.82) is 0 Å². The normalized spacial score (nSPS) is 16.2. The van der Waals surface area contributed by atoms with Gasteiger partial charge in [0, 0.05) is 24.4 Å². The van der Waals surface area contributed by atoms with Crippen LogP contribution >= 0.6 is 0 Å². The number of nitrogens with zero attached hydrogens (tertiary/aromatic N) is 1. The highest BCUT2D eigenvalue weighted by atomic mass is 16.1. The van der Waals surface area contributed by atoms with Gasteiger partial charge in [-0.05, 0) is 30.9 Å². The predicted molar refractivity (Wildman–Crippen MR) is 64.8 cm³/mol. The lowest BCUT2D eigenvalue weighted by Gasteiger charge is -2.02. The van der Waals surface area contributed by atoms with Crippen LogP contribution in [0.15, 0.2) is 24.3 Å². The molecule has 0 N–H and O–H groups in total. The molecule has 1 aromatic carbocycles. The van der Waals surface area contributed by atoms with Crippen LogP contribution in [0.25, 0.3) is 10.9 Å². The molecule has 0 amide bonds. The van der Waals surface area contributed by atoms with Crippen LogP contribution in [0.4, 0.5) is 0 Å². The van der Waals surface area contributed by atoms with Crippen LogP contribution in [-0.2, 0) is 13.5 Å². The molecule has 82 valence electrons. The molecule has 0 spiro atoms. The Balaban J connectivity index is 2.38. The number of Topliss-reactive ketones (excluding diaryl/α,β-unsaturated/α-hetero) is 1. The number of aromatic nitrogens is 1. The van der Waals surface area contributed by atoms with Crippen LogP contribution in [0.3, 0.4) is 0 Å². The zero-order chi connectivity index (χ0) is 11.1. The Morgan fingerprint density at radius 1 is 1.12 bits per heavy atom. The molecule has 0 bridgehead atoms. The number of aryl methyl sites for hydroxylation is 2. The average molecular weight is 213 g/mol. The van der Waals surface area contributed by atoms with Crippen molar-refractivity contribution in [2.45, 2.75) is 25.7 Å². The Labute approximate surface area is 94.9 Å². The summed E-state index contributed by atoms with van der Waals surface area (Å²) in [6.45, 7) is 0. The van der Waals surface area contributed by atoms with E-state index in [4.69, 9.17) is 0 Å². The molecule has 0 atom stereocenters. The second-order valence-corrected chi connectivity index (χ2v) is 4.53. The van der Waals surface area contributed by atoms with Gasteiger partial charge in [-0.2, -0.15) is 0 Å². The summed E-state index contributed by atoms with van der Waals surface area (Å²) in [5.41, 5.74) is 3.39. The highest BCUT2D eigenvalue weighted by Crippen LogP contribution is 2.30. The van der Waals surface area contributed by atoms with Crippen molar-refractivity contribution in [3.05, 3.63) is 35.5 Å². The van der Waals surface area contributed by atoms with E-state index in [2.05, 4.69) is 22.8 Å². The van der Waals surface area contributed by atoms with Gasteiger partial charge >= 0.3 is 0 Å². The van der Waals surface area contributed by atoms with Gasteiger partial charge in [-0.15, -0.1) is 0 Å². The molecule has 0 radical (unpaired) electrons. The molecule has 2 heteroatoms. The fraction of sp³-hybridized carbons (Fsp3) is 0.357. The third-order valence-electron chi connectivity index (χ3n) is 3.56. The highest BCUT2D eigenvalue weighted by molar-refractivity contribution is 6.03. The summed E-state index contributed by atoms with van der Waals surface area (Å²) in [6, 6.07) is 8.31. The topological polar surface area (TPSA) is 22.0 Å². The summed E-state index contributed by atoms with van der Waals surface area (Å²) in [7, 11) is 2.00. The number of carbonyl (C=O) groups is 1. The van der Waals surface area contributed by atoms with E-state index < -0.39 is 0 Å². The van der Waals surface area contributed by atoms with Crippen molar-refractivity contribution in [1.82, 2.24) is 4.57 Å². The Morgan fingerprint density at radius 3 is 2.75 bits per heavy atom. The SMILES string of the molecule is Cn1c2c(c3ccccc31)CCCCC2=O. The van der Waals surface area contributed by atoms with Gasteiger partial charge in [0.1, 0.15) is 0 Å². The summed E-state index contributed by atoms with van der Waals surface area (Å²) in [5.74, 6) is 0.311. The molecule has 16 heavy (non-hydrogen) atoms. The smallest absolute Gasteiger partial charge is 0.179 e. The maximum Gasteiger partial charge on any atom is 0.179 e. The van der Waals surface area contributed by atoms with E-state index in [-0.39, 0.29) is 0 Å². The van der Waals surface area contributed by atoms with Gasteiger partial charge in [-0.25, -0.2) is 0 Å². The Kier molecular flexibility index (Phi) is 2.10. The molecule has 2 aromatic rings. The third-order valence-corrected chi connectivity index (χ3v) is 3.56. The van der Waals surface area contributed by atoms with Crippen molar-refractivity contribution in [2.75, 3.05) is 0 Å². The van der Waals surface area contributed by atoms with Crippen molar-refractivity contribution in [3.8, 4) is 0 Å². The monoisotopic (exact) mass is 213 g/mol. The number of rotatable bonds is 0. The van der Waals surface area contributed by atoms with Crippen LogP contribution in [0, 0.1) is 0 Å². The number of hydrogen-bond donors (Lipinski definition) is 0. The summed E-state index contributed by atoms with van der Waals surface area (Å²) < 4.78 is 2.07. The summed E-state index contributed by atoms with van der Waals surface area (Å²) in [5, 5.41) is 1.26. The van der Waals surface area contributed by atoms with Gasteiger partial charge in [-0.1, -0.05) is 18.2 Å². The van der Waals surface area contributed by atoms with E-state index in [0.29, 0.717) is 12.2 Å². The van der Waals surface area contributed by atoms with Gasteiger partial charge < -0.3 is 4.57 Å². The van der Waals surface area contributed by atoms with Gasteiger partial charge in [0.2, 0.25) is 0 Å². The predicted octanol–water partition coefficient (Wildman–Crippen LogP) is 3.09. The van der Waals surface area contributed by atoms with Gasteiger partial charge in [-0.3, -0.25) is 4.79 Å². The lowest BCUT2D eigenvalue weighted by Crippen LogP contribution is -2.05. The number of ketones is 1. The minimum Gasteiger partial charge on any atom is -0.341 e. The lowest BCUT2D eigenvalue weighted by atomic mass is 10.1. The summed E-state index contributed by atoms with van der Waals surface area (Å²) >= 11 is 0. The molecule has 0 unspecified atom stereocenters. The van der Waals surface area contributed by atoms with E-state index in [1.54, 1.807) is 0 Å². The molecule has 3 rings (SSSR count). The molecule has 0 aliphatic heterocycles. The Bertz CT molecular complexity index is 565. The van der Waals surface area contributed by atoms with E-state index in [9.17, 15) is 4.79 Å². The molecule has 2 nitrogen and oxygen atoms in total. The average Bonchev–Trinajstić information content (AvgIpc) is 2.46. The minimum absolute atomic E-state index is 0.311. The molecule has 0 fully saturated rings. The third kappa shape index (κ3) is 1.22. The van der Waals surface area contributed by atoms with Gasteiger partial charge in [0.15, 0.2) is 5.78 Å². The zero-order valence-corrected chi connectivity index (χ0v) is 9.49. The van der Waals surface area contributed by atoms with E-state index in [1.165, 1.54) is 16.5 Å². The van der Waals surface area contributed by atoms with Crippen LogP contribution in [-0.4, -0.2) is 10.4 Å². The maximum atomic E-state index is 12.1. The summed E-state index contributed by atoms with van der Waals surface area (Å²) in [4.78, 5) is 12.1. The minimum atomic E-state index is 0.311. The van der Waals surface area contributed by atoms with Gasteiger partial charge in [0.05, 0.1) is 5.69 Å². The van der Waals surface area contributed by atoms with Crippen LogP contribution < -0.4 is 0 Å². The largest absolute Gasteiger partial charge is 0.341 e. The second-order valence-electron chi connectivity index (χ2n) is 4.53. The molecule has 1 aliphatic carbocycles. The molecule has 1 aromatic heterocycles. The molecule has 0 saturated carbocycles.